The van der Waals surface area contributed by atoms with Crippen LogP contribution in [0.25, 0.3) is 0 Å². The fraction of sp³-hybridized carbons (Fsp3) is 0.538. The maximum atomic E-state index is 9.92. The molecule has 1 aliphatic rings. The van der Waals surface area contributed by atoms with E-state index < -0.39 is 5.60 Å². The Morgan fingerprint density at radius 2 is 2.12 bits per heavy atom. The minimum absolute atomic E-state index is 0.456. The predicted molar refractivity (Wildman–Crippen MR) is 63.5 cm³/mol. The first kappa shape index (κ1) is 11.4. The maximum Gasteiger partial charge on any atom is 0.123 e. The van der Waals surface area contributed by atoms with E-state index in [4.69, 9.17) is 4.74 Å². The van der Waals surface area contributed by atoms with Gasteiger partial charge in [0.25, 0.3) is 0 Å². The zero-order valence-electron chi connectivity index (χ0n) is 9.70. The molecule has 3 heteroatoms. The highest BCUT2D eigenvalue weighted by Crippen LogP contribution is 2.30. The number of para-hydroxylation sites is 1. The normalized spacial score (nSPS) is 17.9. The first-order valence-electron chi connectivity index (χ1n) is 5.78. The Morgan fingerprint density at radius 1 is 1.38 bits per heavy atom. The summed E-state index contributed by atoms with van der Waals surface area (Å²) < 4.78 is 5.27. The Labute approximate surface area is 96.4 Å². The lowest BCUT2D eigenvalue weighted by Gasteiger charge is -2.36. The molecule has 0 radical (unpaired) electrons. The lowest BCUT2D eigenvalue weighted by Crippen LogP contribution is -2.45. The number of hydrogen-bond donors (Lipinski definition) is 2. The molecule has 0 aromatic heterocycles. The second-order valence-electron chi connectivity index (χ2n) is 4.49. The lowest BCUT2D eigenvalue weighted by atomic mass is 9.80. The Morgan fingerprint density at radius 3 is 2.75 bits per heavy atom. The number of methoxy groups -OCH3 is 1. The molecule has 1 saturated carbocycles. The van der Waals surface area contributed by atoms with E-state index in [-0.39, 0.29) is 0 Å². The van der Waals surface area contributed by atoms with Gasteiger partial charge in [0.1, 0.15) is 5.75 Å². The zero-order chi connectivity index (χ0) is 11.4. The summed E-state index contributed by atoms with van der Waals surface area (Å²) in [5.41, 5.74) is 0.676. The molecule has 2 rings (SSSR count). The van der Waals surface area contributed by atoms with Gasteiger partial charge in [0.05, 0.1) is 12.7 Å². The van der Waals surface area contributed by atoms with Gasteiger partial charge in [-0.2, -0.15) is 0 Å². The minimum atomic E-state index is -0.456. The molecule has 0 heterocycles. The van der Waals surface area contributed by atoms with Crippen LogP contribution >= 0.6 is 0 Å². The van der Waals surface area contributed by atoms with Crippen molar-refractivity contribution in [2.24, 2.45) is 0 Å². The van der Waals surface area contributed by atoms with Crippen molar-refractivity contribution in [3.05, 3.63) is 29.8 Å². The van der Waals surface area contributed by atoms with E-state index in [9.17, 15) is 5.11 Å². The number of nitrogens with one attached hydrogen (secondary N) is 1. The topological polar surface area (TPSA) is 41.5 Å². The molecular weight excluding hydrogens is 202 g/mol. The average Bonchev–Trinajstić information content (AvgIpc) is 2.27. The highest BCUT2D eigenvalue weighted by Gasteiger charge is 2.33. The molecule has 0 aliphatic heterocycles. The summed E-state index contributed by atoms with van der Waals surface area (Å²) >= 11 is 0. The van der Waals surface area contributed by atoms with E-state index in [0.29, 0.717) is 6.54 Å². The largest absolute Gasteiger partial charge is 0.496 e. The van der Waals surface area contributed by atoms with E-state index in [1.807, 2.05) is 24.3 Å². The molecule has 3 nitrogen and oxygen atoms in total. The van der Waals surface area contributed by atoms with E-state index in [0.717, 1.165) is 37.1 Å². The fourth-order valence-electron chi connectivity index (χ4n) is 2.04. The van der Waals surface area contributed by atoms with Crippen LogP contribution in [0.15, 0.2) is 24.3 Å². The van der Waals surface area contributed by atoms with Crippen LogP contribution in [0, 0.1) is 0 Å². The van der Waals surface area contributed by atoms with E-state index in [2.05, 4.69) is 5.32 Å². The molecule has 0 amide bonds. The molecule has 0 bridgehead atoms. The number of hydrogen-bond acceptors (Lipinski definition) is 3. The summed E-state index contributed by atoms with van der Waals surface area (Å²) in [6.45, 7) is 1.41. The third-order valence-electron chi connectivity index (χ3n) is 3.25. The minimum Gasteiger partial charge on any atom is -0.496 e. The van der Waals surface area contributed by atoms with Gasteiger partial charge < -0.3 is 15.2 Å². The summed E-state index contributed by atoms with van der Waals surface area (Å²) in [6, 6.07) is 7.95. The zero-order valence-corrected chi connectivity index (χ0v) is 9.70. The summed E-state index contributed by atoms with van der Waals surface area (Å²) in [7, 11) is 1.68. The molecule has 16 heavy (non-hydrogen) atoms. The molecule has 0 unspecified atom stereocenters. The lowest BCUT2D eigenvalue weighted by molar-refractivity contribution is -0.0315. The SMILES string of the molecule is COc1ccccc1CNCC1(O)CCC1. The van der Waals surface area contributed by atoms with Crippen LogP contribution in [0.3, 0.4) is 0 Å². The van der Waals surface area contributed by atoms with Crippen LogP contribution in [0.5, 0.6) is 5.75 Å². The second kappa shape index (κ2) is 4.85. The summed E-state index contributed by atoms with van der Waals surface area (Å²) in [6.07, 6.45) is 2.99. The predicted octanol–water partition coefficient (Wildman–Crippen LogP) is 1.70. The molecule has 88 valence electrons. The third-order valence-corrected chi connectivity index (χ3v) is 3.25. The van der Waals surface area contributed by atoms with Crippen LogP contribution in [0.4, 0.5) is 0 Å². The van der Waals surface area contributed by atoms with E-state index in [1.165, 1.54) is 0 Å². The van der Waals surface area contributed by atoms with Gasteiger partial charge in [-0.3, -0.25) is 0 Å². The molecule has 1 aliphatic carbocycles. The van der Waals surface area contributed by atoms with Gasteiger partial charge >= 0.3 is 0 Å². The van der Waals surface area contributed by atoms with Gasteiger partial charge in [0.2, 0.25) is 0 Å². The summed E-state index contributed by atoms with van der Waals surface area (Å²) in [4.78, 5) is 0. The number of rotatable bonds is 5. The first-order valence-corrected chi connectivity index (χ1v) is 5.78. The van der Waals surface area contributed by atoms with Crippen molar-refractivity contribution in [2.75, 3.05) is 13.7 Å². The van der Waals surface area contributed by atoms with E-state index >= 15 is 0 Å². The second-order valence-corrected chi connectivity index (χ2v) is 4.49. The van der Waals surface area contributed by atoms with Crippen LogP contribution in [-0.4, -0.2) is 24.4 Å². The number of aliphatic hydroxyl groups is 1. The molecule has 1 aromatic rings. The highest BCUT2D eigenvalue weighted by molar-refractivity contribution is 5.32. The summed E-state index contributed by atoms with van der Waals surface area (Å²) in [5, 5.41) is 13.2. The van der Waals surface area contributed by atoms with Crippen molar-refractivity contribution in [2.45, 2.75) is 31.4 Å². The standard InChI is InChI=1S/C13H19NO2/c1-16-12-6-3-2-5-11(12)9-14-10-13(15)7-4-8-13/h2-3,5-6,14-15H,4,7-10H2,1H3. The Balaban J connectivity index is 1.84. The molecule has 1 fully saturated rings. The van der Waals surface area contributed by atoms with Crippen molar-refractivity contribution in [1.29, 1.82) is 0 Å². The fourth-order valence-corrected chi connectivity index (χ4v) is 2.04. The monoisotopic (exact) mass is 221 g/mol. The average molecular weight is 221 g/mol. The van der Waals surface area contributed by atoms with Crippen molar-refractivity contribution >= 4 is 0 Å². The van der Waals surface area contributed by atoms with E-state index in [1.54, 1.807) is 7.11 Å². The van der Waals surface area contributed by atoms with Crippen molar-refractivity contribution < 1.29 is 9.84 Å². The molecule has 2 N–H and O–H groups in total. The number of ether oxygens (including phenoxy) is 1. The highest BCUT2D eigenvalue weighted by atomic mass is 16.5. The third kappa shape index (κ3) is 2.54. The van der Waals surface area contributed by atoms with Crippen LogP contribution in [-0.2, 0) is 6.54 Å². The smallest absolute Gasteiger partial charge is 0.123 e. The summed E-state index contributed by atoms with van der Waals surface area (Å²) in [5.74, 6) is 0.899. The molecule has 0 saturated heterocycles. The quantitative estimate of drug-likeness (QED) is 0.795. The van der Waals surface area contributed by atoms with Crippen molar-refractivity contribution in [1.82, 2.24) is 5.32 Å². The Hall–Kier alpha value is -1.06. The number of benzene rings is 1. The van der Waals surface area contributed by atoms with Gasteiger partial charge in [0, 0.05) is 18.7 Å². The van der Waals surface area contributed by atoms with Crippen molar-refractivity contribution in [3.8, 4) is 5.75 Å². The van der Waals surface area contributed by atoms with Crippen LogP contribution < -0.4 is 10.1 Å². The molecule has 0 atom stereocenters. The van der Waals surface area contributed by atoms with Gasteiger partial charge in [-0.15, -0.1) is 0 Å². The van der Waals surface area contributed by atoms with Crippen LogP contribution in [0.2, 0.25) is 0 Å². The van der Waals surface area contributed by atoms with Gasteiger partial charge in [-0.05, 0) is 25.3 Å². The van der Waals surface area contributed by atoms with Crippen molar-refractivity contribution in [3.63, 3.8) is 0 Å². The molecule has 1 aromatic carbocycles. The van der Waals surface area contributed by atoms with Gasteiger partial charge in [0.15, 0.2) is 0 Å². The Bertz CT molecular complexity index is 348. The molecular formula is C13H19NO2. The van der Waals surface area contributed by atoms with Gasteiger partial charge in [-0.25, -0.2) is 0 Å². The Kier molecular flexibility index (Phi) is 3.46. The first-order chi connectivity index (χ1) is 7.73. The molecule has 0 spiro atoms. The van der Waals surface area contributed by atoms with Gasteiger partial charge in [-0.1, -0.05) is 18.2 Å². The maximum absolute atomic E-state index is 9.92. The van der Waals surface area contributed by atoms with Crippen LogP contribution in [0.1, 0.15) is 24.8 Å².